The fourth-order valence-corrected chi connectivity index (χ4v) is 6.05. The van der Waals surface area contributed by atoms with Crippen LogP contribution in [-0.4, -0.2) is 0 Å². The molecule has 0 N–H and O–H groups in total. The zero-order valence-corrected chi connectivity index (χ0v) is 27.4. The number of hydrogen-bond donors (Lipinski definition) is 0. The van der Waals surface area contributed by atoms with Crippen LogP contribution < -0.4 is 9.80 Å². The minimum atomic E-state index is 1.13. The Bertz CT molecular complexity index is 2060. The standard InChI is InChI=1S/C46H38N2/c1-35-17-29-44(30-18-35)48(46-16-10-9-11-36(46)2)45-33-27-40(28-34-45)39-25-21-37(22-26-39)19-20-38-23-31-43(32-24-38)47(41-12-5-3-6-13-41)42-14-7-4-8-15-42/h3-34H,1-2H3/b20-19+. The molecule has 2 nitrogen and oxygen atoms in total. The molecule has 232 valence electrons. The number of anilines is 6. The molecule has 0 atom stereocenters. The normalized spacial score (nSPS) is 11.0. The van der Waals surface area contributed by atoms with Gasteiger partial charge in [0.1, 0.15) is 0 Å². The number of hydrogen-bond acceptors (Lipinski definition) is 2. The highest BCUT2D eigenvalue weighted by Crippen LogP contribution is 2.38. The van der Waals surface area contributed by atoms with Crippen LogP contribution in [0, 0.1) is 13.8 Å². The minimum Gasteiger partial charge on any atom is -0.311 e. The van der Waals surface area contributed by atoms with E-state index in [1.165, 1.54) is 33.5 Å². The second-order valence-corrected chi connectivity index (χ2v) is 12.1. The maximum Gasteiger partial charge on any atom is 0.0490 e. The van der Waals surface area contributed by atoms with Crippen LogP contribution in [0.4, 0.5) is 34.1 Å². The number of nitrogens with zero attached hydrogens (tertiary/aromatic N) is 2. The van der Waals surface area contributed by atoms with E-state index in [9.17, 15) is 0 Å². The average molecular weight is 619 g/mol. The van der Waals surface area contributed by atoms with Crippen molar-refractivity contribution in [2.75, 3.05) is 9.80 Å². The summed E-state index contributed by atoms with van der Waals surface area (Å²) in [6, 6.07) is 64.7. The van der Waals surface area contributed by atoms with Crippen LogP contribution in [0.3, 0.4) is 0 Å². The summed E-state index contributed by atoms with van der Waals surface area (Å²) >= 11 is 0. The topological polar surface area (TPSA) is 6.48 Å². The van der Waals surface area contributed by atoms with Gasteiger partial charge in [-0.3, -0.25) is 0 Å². The number of para-hydroxylation sites is 3. The molecule has 0 amide bonds. The van der Waals surface area contributed by atoms with Gasteiger partial charge in [0.05, 0.1) is 0 Å². The van der Waals surface area contributed by atoms with Crippen molar-refractivity contribution >= 4 is 46.3 Å². The first-order chi connectivity index (χ1) is 23.6. The van der Waals surface area contributed by atoms with Gasteiger partial charge >= 0.3 is 0 Å². The smallest absolute Gasteiger partial charge is 0.0490 e. The van der Waals surface area contributed by atoms with Crippen molar-refractivity contribution < 1.29 is 0 Å². The molecule has 7 aromatic rings. The molecular weight excluding hydrogens is 581 g/mol. The van der Waals surface area contributed by atoms with Crippen molar-refractivity contribution in [3.05, 3.63) is 204 Å². The number of aryl methyl sites for hydroxylation is 2. The highest BCUT2D eigenvalue weighted by molar-refractivity contribution is 5.81. The molecular formula is C46H38N2. The lowest BCUT2D eigenvalue weighted by molar-refractivity contribution is 1.24. The molecule has 0 spiro atoms. The van der Waals surface area contributed by atoms with Gasteiger partial charge in [-0.2, -0.15) is 0 Å². The third kappa shape index (κ3) is 6.84. The van der Waals surface area contributed by atoms with E-state index in [-0.39, 0.29) is 0 Å². The summed E-state index contributed by atoms with van der Waals surface area (Å²) in [5.41, 5.74) is 14.1. The molecule has 0 radical (unpaired) electrons. The highest BCUT2D eigenvalue weighted by Gasteiger charge is 2.15. The zero-order chi connectivity index (χ0) is 32.7. The van der Waals surface area contributed by atoms with Gasteiger partial charge in [-0.25, -0.2) is 0 Å². The second kappa shape index (κ2) is 14.1. The van der Waals surface area contributed by atoms with Gasteiger partial charge in [-0.05, 0) is 108 Å². The second-order valence-electron chi connectivity index (χ2n) is 12.1. The number of rotatable bonds is 9. The van der Waals surface area contributed by atoms with Crippen LogP contribution >= 0.6 is 0 Å². The molecule has 2 heteroatoms. The summed E-state index contributed by atoms with van der Waals surface area (Å²) in [5.74, 6) is 0. The molecule has 0 aliphatic rings. The molecule has 0 saturated carbocycles. The molecule has 48 heavy (non-hydrogen) atoms. The molecule has 0 unspecified atom stereocenters. The Kier molecular flexibility index (Phi) is 8.97. The molecule has 0 fully saturated rings. The minimum absolute atomic E-state index is 1.13. The fourth-order valence-electron chi connectivity index (χ4n) is 6.05. The van der Waals surface area contributed by atoms with Gasteiger partial charge in [0, 0.05) is 34.1 Å². The van der Waals surface area contributed by atoms with E-state index in [0.29, 0.717) is 0 Å². The summed E-state index contributed by atoms with van der Waals surface area (Å²) in [6.45, 7) is 4.29. The summed E-state index contributed by atoms with van der Waals surface area (Å²) in [4.78, 5) is 4.61. The zero-order valence-electron chi connectivity index (χ0n) is 27.4. The predicted octanol–water partition coefficient (Wildman–Crippen LogP) is 13.1. The van der Waals surface area contributed by atoms with E-state index in [1.807, 2.05) is 0 Å². The lowest BCUT2D eigenvalue weighted by atomic mass is 10.0. The molecule has 0 aromatic heterocycles. The van der Waals surface area contributed by atoms with Crippen LogP contribution in [0.15, 0.2) is 182 Å². The first kappa shape index (κ1) is 30.5. The van der Waals surface area contributed by atoms with Gasteiger partial charge in [0.25, 0.3) is 0 Å². The van der Waals surface area contributed by atoms with Gasteiger partial charge in [-0.1, -0.05) is 133 Å². The maximum atomic E-state index is 2.33. The van der Waals surface area contributed by atoms with Gasteiger partial charge in [-0.15, -0.1) is 0 Å². The molecule has 7 rings (SSSR count). The monoisotopic (exact) mass is 618 g/mol. The Morgan fingerprint density at radius 2 is 0.708 bits per heavy atom. The maximum absolute atomic E-state index is 2.33. The van der Waals surface area contributed by atoms with Crippen LogP contribution in [0.2, 0.25) is 0 Å². The predicted molar refractivity (Wildman–Crippen MR) is 206 cm³/mol. The molecule has 0 aliphatic heterocycles. The highest BCUT2D eigenvalue weighted by atomic mass is 15.1. The van der Waals surface area contributed by atoms with E-state index < -0.39 is 0 Å². The Hall–Kier alpha value is -6.12. The van der Waals surface area contributed by atoms with Gasteiger partial charge < -0.3 is 9.80 Å². The van der Waals surface area contributed by atoms with E-state index in [1.54, 1.807) is 0 Å². The third-order valence-corrected chi connectivity index (χ3v) is 8.67. The van der Waals surface area contributed by atoms with Gasteiger partial charge in [0.15, 0.2) is 0 Å². The SMILES string of the molecule is Cc1ccc(N(c2ccc(-c3ccc(/C=C/c4ccc(N(c5ccccc5)c5ccccc5)cc4)cc3)cc2)c2ccccc2C)cc1. The van der Waals surface area contributed by atoms with Crippen molar-refractivity contribution in [3.8, 4) is 11.1 Å². The Labute approximate surface area is 284 Å². The van der Waals surface area contributed by atoms with E-state index in [4.69, 9.17) is 0 Å². The molecule has 0 bridgehead atoms. The van der Waals surface area contributed by atoms with Crippen LogP contribution in [0.5, 0.6) is 0 Å². The van der Waals surface area contributed by atoms with Crippen molar-refractivity contribution in [3.63, 3.8) is 0 Å². The first-order valence-electron chi connectivity index (χ1n) is 16.4. The van der Waals surface area contributed by atoms with E-state index >= 15 is 0 Å². The molecule has 0 heterocycles. The van der Waals surface area contributed by atoms with Crippen molar-refractivity contribution in [1.29, 1.82) is 0 Å². The van der Waals surface area contributed by atoms with E-state index in [2.05, 4.69) is 218 Å². The largest absolute Gasteiger partial charge is 0.311 e. The van der Waals surface area contributed by atoms with Crippen molar-refractivity contribution in [2.45, 2.75) is 13.8 Å². The van der Waals surface area contributed by atoms with Crippen LogP contribution in [0.1, 0.15) is 22.3 Å². The lowest BCUT2D eigenvalue weighted by Gasteiger charge is -2.27. The van der Waals surface area contributed by atoms with E-state index in [0.717, 1.165) is 34.0 Å². The average Bonchev–Trinajstić information content (AvgIpc) is 3.14. The summed E-state index contributed by atoms with van der Waals surface area (Å²) < 4.78 is 0. The van der Waals surface area contributed by atoms with Gasteiger partial charge in [0.2, 0.25) is 0 Å². The quantitative estimate of drug-likeness (QED) is 0.149. The summed E-state index contributed by atoms with van der Waals surface area (Å²) in [7, 11) is 0. The third-order valence-electron chi connectivity index (χ3n) is 8.67. The Morgan fingerprint density at radius 1 is 0.333 bits per heavy atom. The lowest BCUT2D eigenvalue weighted by Crippen LogP contribution is -2.11. The van der Waals surface area contributed by atoms with Crippen molar-refractivity contribution in [2.24, 2.45) is 0 Å². The summed E-state index contributed by atoms with van der Waals surface area (Å²) in [6.07, 6.45) is 4.35. The van der Waals surface area contributed by atoms with Crippen molar-refractivity contribution in [1.82, 2.24) is 0 Å². The first-order valence-corrected chi connectivity index (χ1v) is 16.4. The fraction of sp³-hybridized carbons (Fsp3) is 0.0435. The molecule has 7 aromatic carbocycles. The Balaban J connectivity index is 1.07. The van der Waals surface area contributed by atoms with Crippen LogP contribution in [0.25, 0.3) is 23.3 Å². The Morgan fingerprint density at radius 3 is 1.23 bits per heavy atom. The molecule has 0 saturated heterocycles. The summed E-state index contributed by atoms with van der Waals surface area (Å²) in [5, 5.41) is 0. The number of benzene rings is 7. The molecule has 0 aliphatic carbocycles. The van der Waals surface area contributed by atoms with Crippen LogP contribution in [-0.2, 0) is 0 Å².